The third-order valence-corrected chi connectivity index (χ3v) is 31.7. The second-order valence-electron chi connectivity index (χ2n) is 43.0. The molecule has 3 heterocycles. The normalized spacial score (nSPS) is 36.1. The molecule has 16 saturated carbocycles. The van der Waals surface area contributed by atoms with Crippen molar-refractivity contribution in [2.24, 2.45) is 122 Å². The summed E-state index contributed by atoms with van der Waals surface area (Å²) in [5.41, 5.74) is 18.6. The molecule has 16 aliphatic carbocycles. The van der Waals surface area contributed by atoms with Crippen LogP contribution in [0.25, 0.3) is 0 Å². The number of rotatable bonds is 38. The van der Waals surface area contributed by atoms with Crippen molar-refractivity contribution < 1.29 is 179 Å². The number of aliphatic hydroxyl groups is 14. The Hall–Kier alpha value is -3.28. The average Bonchev–Trinajstić information content (AvgIpc) is 0.755. The number of carboxylic acid groups (broad SMARTS) is 4. The van der Waals surface area contributed by atoms with Crippen molar-refractivity contribution >= 4 is 80.6 Å². The molecule has 38 nitrogen and oxygen atoms in total. The molecule has 16 bridgehead atoms. The van der Waals surface area contributed by atoms with E-state index in [0.29, 0.717) is 18.6 Å². The molecule has 0 aromatic heterocycles. The number of terminal acetylenes is 1. The van der Waals surface area contributed by atoms with Crippen LogP contribution in [-0.2, 0) is 84.0 Å². The molecule has 19 atom stereocenters. The van der Waals surface area contributed by atoms with E-state index in [-0.39, 0.29) is 101 Å². The Morgan fingerprint density at radius 2 is 0.790 bits per heavy atom. The Kier molecular flexibility index (Phi) is 64.1. The van der Waals surface area contributed by atoms with E-state index >= 15 is 0 Å². The van der Waals surface area contributed by atoms with E-state index < -0.39 is 171 Å². The molecule has 0 aromatic carbocycles. The van der Waals surface area contributed by atoms with E-state index in [1.807, 2.05) is 38.4 Å². The van der Waals surface area contributed by atoms with E-state index in [2.05, 4.69) is 106 Å². The zero-order valence-corrected chi connectivity index (χ0v) is 90.1. The number of carboxylic acids is 4. The Morgan fingerprint density at radius 3 is 1.14 bits per heavy atom. The van der Waals surface area contributed by atoms with E-state index in [1.165, 1.54) is 109 Å². The van der Waals surface area contributed by atoms with E-state index in [9.17, 15) is 94.5 Å². The second kappa shape index (κ2) is 69.4. The van der Waals surface area contributed by atoms with Gasteiger partial charge >= 0.3 is 75.9 Å². The molecule has 19 rings (SSSR count). The summed E-state index contributed by atoms with van der Waals surface area (Å²) >= 11 is 7.22. The van der Waals surface area contributed by atoms with Gasteiger partial charge in [-0.25, -0.2) is 0 Å². The summed E-state index contributed by atoms with van der Waals surface area (Å²) < 4.78 is 22.6. The van der Waals surface area contributed by atoms with Crippen molar-refractivity contribution in [2.75, 3.05) is 66.3 Å². The van der Waals surface area contributed by atoms with Crippen molar-refractivity contribution in [1.29, 1.82) is 0 Å². The summed E-state index contributed by atoms with van der Waals surface area (Å²) in [6, 6.07) is -4.97. The first-order chi connectivity index (χ1) is 68.5. The minimum atomic E-state index is -1.55. The monoisotopic (exact) mass is 2170 g/mol. The number of hydrogen-bond acceptors (Lipinski definition) is 35. The van der Waals surface area contributed by atoms with Crippen LogP contribution in [0.4, 0.5) is 0 Å². The Balaban J connectivity index is 0.000000603. The average molecular weight is 2170 g/mol. The topological polar surface area (TPSA) is 679 Å². The number of Topliss-reactive ketones (excluding diaryl/α,β-unsaturated/α-hetero) is 2. The molecule has 19 aliphatic rings. The predicted molar refractivity (Wildman–Crippen MR) is 539 cm³/mol. The van der Waals surface area contributed by atoms with E-state index in [4.69, 9.17) is 68.5 Å². The first-order valence-electron chi connectivity index (χ1n) is 52.0. The molecule has 143 heavy (non-hydrogen) atoms. The van der Waals surface area contributed by atoms with Gasteiger partial charge in [0.15, 0.2) is 24.7 Å². The van der Waals surface area contributed by atoms with Crippen LogP contribution >= 0.6 is 33.4 Å². The van der Waals surface area contributed by atoms with Gasteiger partial charge in [-0.05, 0) is 318 Å². The van der Waals surface area contributed by atoms with Gasteiger partial charge in [0.25, 0.3) is 0 Å². The summed E-state index contributed by atoms with van der Waals surface area (Å²) in [6.07, 6.45) is 26.9. The van der Waals surface area contributed by atoms with Crippen LogP contribution in [0.3, 0.4) is 0 Å². The van der Waals surface area contributed by atoms with Crippen LogP contribution in [0.2, 0.25) is 0 Å². The van der Waals surface area contributed by atoms with Crippen LogP contribution in [0.15, 0.2) is 0 Å². The first kappa shape index (κ1) is 132. The molecule has 3 aliphatic heterocycles. The van der Waals surface area contributed by atoms with Crippen molar-refractivity contribution in [1.82, 2.24) is 31.3 Å². The van der Waals surface area contributed by atoms with Gasteiger partial charge in [-0.2, -0.15) is 0 Å². The summed E-state index contributed by atoms with van der Waals surface area (Å²) in [5, 5.41) is 178. The third kappa shape index (κ3) is 43.3. The molecular formula is C100H181N9O29S3V2-2. The molecule has 3 saturated heterocycles. The van der Waals surface area contributed by atoms with Gasteiger partial charge in [-0.1, -0.05) is 34.1 Å². The van der Waals surface area contributed by atoms with Crippen molar-refractivity contribution in [3.8, 4) is 12.8 Å². The third-order valence-electron chi connectivity index (χ3n) is 31.7. The van der Waals surface area contributed by atoms with Gasteiger partial charge in [0.05, 0.1) is 50.0 Å². The maximum atomic E-state index is 13.4. The van der Waals surface area contributed by atoms with Gasteiger partial charge < -0.3 is 155 Å². The van der Waals surface area contributed by atoms with Gasteiger partial charge in [-0.3, -0.25) is 52.5 Å². The zero-order valence-electron chi connectivity index (χ0n) is 85.8. The molecule has 0 aromatic rings. The minimum absolute atomic E-state index is 0. The van der Waals surface area contributed by atoms with Crippen LogP contribution < -0.4 is 48.5 Å². The summed E-state index contributed by atoms with van der Waals surface area (Å²) in [5.74, 6) is 3.73. The van der Waals surface area contributed by atoms with Crippen LogP contribution in [0, 0.1) is 131 Å². The number of aliphatic hydroxyl groups excluding tert-OH is 14. The Bertz CT molecular complexity index is 3600. The number of ether oxygens (including phenoxy) is 3. The van der Waals surface area contributed by atoms with Crippen LogP contribution in [0.1, 0.15) is 281 Å². The molecule has 2 amide bonds. The molecule has 830 valence electrons. The number of hydrogen-bond donors (Lipinski definition) is 28. The number of carbonyl (C=O) groups is 8. The quantitative estimate of drug-likeness (QED) is 0.0171. The number of nitrogens with two attached hydrogens (primary N) is 3. The molecule has 0 radical (unpaired) electrons. The van der Waals surface area contributed by atoms with Crippen LogP contribution in [0.5, 0.6) is 0 Å². The Labute approximate surface area is 882 Å². The van der Waals surface area contributed by atoms with Crippen molar-refractivity contribution in [3.05, 3.63) is 14.1 Å². The predicted octanol–water partition coefficient (Wildman–Crippen LogP) is 4.80. The van der Waals surface area contributed by atoms with Crippen molar-refractivity contribution in [2.45, 2.75) is 382 Å². The molecule has 19 fully saturated rings. The van der Waals surface area contributed by atoms with E-state index in [0.717, 1.165) is 141 Å². The fourth-order valence-corrected chi connectivity index (χ4v) is 26.9. The number of ketones is 2. The molecular weight excluding hydrogens is 1990 g/mol. The van der Waals surface area contributed by atoms with Gasteiger partial charge in [0.2, 0.25) is 11.8 Å². The number of aliphatic carboxylic acids is 4. The Morgan fingerprint density at radius 1 is 0.469 bits per heavy atom. The summed E-state index contributed by atoms with van der Waals surface area (Å²) in [6.45, 7) is 11.4. The molecule has 43 heteroatoms. The fourth-order valence-electron chi connectivity index (χ4n) is 26.9. The number of carbonyl (C=O) groups excluding carboxylic acids is 4. The SMILES string of the molecule is CCC.CCCNCC12CC3CC(CC(C3)C1)C2.CCCO.CO.NCC12CC3CC(CC(C3)C1)C2.N[C@@H](CCC(=O)O)C(=O)C[C@H](CCC(=O)O)C(=O)NCC12CC3CC(CC(C3)C1)C2.N[C@H]1C(O)O[C@H](CO)[C@H](O)[C@@H]1O.O=C(O)CC[C@H](CCN[C@H]1C(O)O[C@H](CO)[C@H](O)[C@@H]1O)C(=O)N[C@H](CCC(=O)O)C(=O)CCC12CC3CC(CC(C3)C1)C2.[2H]C#C.[CH2-]NS.[CH2-]N[C@H]1C(O)O[C@H](CO)[C@H](O)[C@@H]1O.[HH].[S]=[V].[S]=[V]. The number of nitrogens with one attached hydrogen (secondary N) is 6. The van der Waals surface area contributed by atoms with Gasteiger partial charge in [0, 0.05) is 78.6 Å². The number of thiol groups is 1. The maximum absolute atomic E-state index is 13.4. The zero-order chi connectivity index (χ0) is 109. The molecule has 0 spiro atoms. The molecule has 3 unspecified atom stereocenters. The fraction of sp³-hybridized carbons (Fsp3) is 0.880. The van der Waals surface area contributed by atoms with Crippen LogP contribution in [-0.4, -0.2) is 309 Å². The van der Waals surface area contributed by atoms with E-state index in [1.54, 1.807) is 38.5 Å². The number of amides is 2. The van der Waals surface area contributed by atoms with Crippen molar-refractivity contribution in [3.63, 3.8) is 0 Å². The standard InChI is InChI=1S/C30H48N2O11.C22H34N2O6.C14H25N.C11H19N.C7H14NO5.C6H13NO5.C3H8O.C3H8.C2H2.CH4NS.CH4O.2S.2V.H2/c33-15-22-26(39)27(40)25(29(42)43-22)31-8-6-19(1-3-23(35)36)28(41)32-20(2-4-24(37)38)21(34)5-7-30-12-16-9-17(13-30)11-18(10-16)14-30;23-17(2-4-20(28)29)18(25)8-16(1-3-19(26)27)21(30)24-12-22-9-13-5-14(10-22)7-15(6-13)11-22;1-2-3-15-10-14-7-11-4-12(8-14)6-13(5-11)9-14;12-7-11-4-8-1-9(5-11)3-10(2-8)6-11;1-8-4-6(11)5(10)3(2-9)13-7(4)12;7-3-5(10)4(9)2(1-8)12-6(3)11;1-2-3-4;1-3-2;1-2;1-2-3;1-2;;;;;/h16-20,22,25-27,29,31,33,39-40,42H,1-15H2,(H,32,41)(H,35,36)(H,37,38);13-17H,1-12,23H2,(H,24,30)(H,26,27)(H,28,29);11-13,15H,2-10H2,1H3;8-10H,1-7,12H2;3-12H,1-2H2;2-6,8-11H,1,7H2;4H,2-3H2,1H3;3H2,1-2H3;1-2H;2-3H,1H2;2H,1H3;;;;;1H/q;;;;-1;;;;;-1;;;;;;/t16?,17?,18?,19-,20-,22-,25-,26+,27-,29?,30?;13?,14?,15?,16-,17-,22?;;;3-,4-,5+,6-,7?;2-,3-,4+,5-,6?;;;;;;;;;;/m10..11........../s1/i;;;;;;;;1D;;;;;;;. The van der Waals surface area contributed by atoms with Gasteiger partial charge in [-0.15, -0.1) is 25.6 Å². The summed E-state index contributed by atoms with van der Waals surface area (Å²) in [7, 11) is 15.4. The first-order valence-corrected chi connectivity index (χ1v) is 56.1. The summed E-state index contributed by atoms with van der Waals surface area (Å²) in [4.78, 5) is 96.4. The molecule has 30 N–H and O–H groups in total. The van der Waals surface area contributed by atoms with Gasteiger partial charge in [0.1, 0.15) is 62.1 Å². The second-order valence-corrected chi connectivity index (χ2v) is 43.4.